The van der Waals surface area contributed by atoms with Crippen molar-refractivity contribution < 1.29 is 23.4 Å². The van der Waals surface area contributed by atoms with Gasteiger partial charge >= 0.3 is 5.97 Å². The summed E-state index contributed by atoms with van der Waals surface area (Å²) in [5.41, 5.74) is 2.11. The van der Waals surface area contributed by atoms with Gasteiger partial charge in [-0.2, -0.15) is 0 Å². The molecule has 1 heterocycles. The van der Waals surface area contributed by atoms with Gasteiger partial charge in [-0.1, -0.05) is 42.5 Å². The molecule has 0 radical (unpaired) electrons. The van der Waals surface area contributed by atoms with Crippen LogP contribution in [0.1, 0.15) is 40.9 Å². The third kappa shape index (κ3) is 5.30. The number of carboxylic acids is 1. The molecule has 0 spiro atoms. The molecule has 1 aliphatic heterocycles. The second-order valence-corrected chi connectivity index (χ2v) is 9.37. The van der Waals surface area contributed by atoms with Gasteiger partial charge in [-0.05, 0) is 73.0 Å². The van der Waals surface area contributed by atoms with E-state index in [4.69, 9.17) is 4.74 Å². The van der Waals surface area contributed by atoms with Crippen molar-refractivity contribution in [1.29, 1.82) is 0 Å². The summed E-state index contributed by atoms with van der Waals surface area (Å²) in [4.78, 5) is 13.5. The predicted octanol–water partition coefficient (Wildman–Crippen LogP) is 7.19. The minimum Gasteiger partial charge on any atom is -0.486 e. The van der Waals surface area contributed by atoms with Gasteiger partial charge in [0.1, 0.15) is 29.1 Å². The summed E-state index contributed by atoms with van der Waals surface area (Å²) in [6.45, 7) is 4.73. The van der Waals surface area contributed by atoms with Crippen LogP contribution in [-0.2, 0) is 0 Å². The van der Waals surface area contributed by atoms with Crippen molar-refractivity contribution in [2.45, 2.75) is 32.4 Å². The standard InChI is InChI=1S/C30H28F2N2O3.ClH/c1-18-26(12-11-25(32)29(18)30(35)36)34-17-22(37-28-13-10-21(31)16-27(28)34)14-15-33-19(2)23-9-5-7-20-6-3-4-8-24(20)23;/h3-13,16,19,22,33H,14-15,17H2,1-2H3,(H,35,36);1H/t19-,22?;/m1./s1. The zero-order valence-corrected chi connectivity index (χ0v) is 21.9. The van der Waals surface area contributed by atoms with Crippen LogP contribution < -0.4 is 15.0 Å². The number of carboxylic acid groups (broad SMARTS) is 1. The Balaban J connectivity index is 0.00000336. The van der Waals surface area contributed by atoms with Crippen LogP contribution in [0.25, 0.3) is 10.8 Å². The minimum absolute atomic E-state index is 0. The summed E-state index contributed by atoms with van der Waals surface area (Å²) in [6, 6.07) is 21.6. The van der Waals surface area contributed by atoms with Crippen molar-refractivity contribution in [2.75, 3.05) is 18.0 Å². The van der Waals surface area contributed by atoms with E-state index in [9.17, 15) is 18.7 Å². The normalized spacial score (nSPS) is 15.4. The van der Waals surface area contributed by atoms with Crippen molar-refractivity contribution in [2.24, 2.45) is 0 Å². The van der Waals surface area contributed by atoms with E-state index in [2.05, 4.69) is 42.6 Å². The average Bonchev–Trinajstić information content (AvgIpc) is 2.88. The number of halogens is 3. The monoisotopic (exact) mass is 538 g/mol. The summed E-state index contributed by atoms with van der Waals surface area (Å²) in [6.07, 6.45) is 0.414. The average molecular weight is 539 g/mol. The van der Waals surface area contributed by atoms with Gasteiger partial charge in [0.25, 0.3) is 0 Å². The molecular formula is C30H29ClF2N2O3. The lowest BCUT2D eigenvalue weighted by molar-refractivity contribution is 0.0691. The predicted molar refractivity (Wildman–Crippen MR) is 148 cm³/mol. The molecular weight excluding hydrogens is 510 g/mol. The molecule has 2 N–H and O–H groups in total. The molecule has 0 saturated heterocycles. The van der Waals surface area contributed by atoms with E-state index in [0.29, 0.717) is 36.6 Å². The van der Waals surface area contributed by atoms with Gasteiger partial charge < -0.3 is 20.1 Å². The first-order valence-electron chi connectivity index (χ1n) is 12.3. The van der Waals surface area contributed by atoms with E-state index in [1.807, 2.05) is 17.0 Å². The second-order valence-electron chi connectivity index (χ2n) is 9.37. The van der Waals surface area contributed by atoms with Gasteiger partial charge in [0.05, 0.1) is 12.2 Å². The Hall–Kier alpha value is -3.68. The number of fused-ring (bicyclic) bond motifs is 2. The van der Waals surface area contributed by atoms with Gasteiger partial charge in [-0.3, -0.25) is 0 Å². The lowest BCUT2D eigenvalue weighted by atomic mass is 9.99. The van der Waals surface area contributed by atoms with Crippen LogP contribution in [0.15, 0.2) is 72.8 Å². The van der Waals surface area contributed by atoms with E-state index in [0.717, 1.165) is 6.07 Å². The lowest BCUT2D eigenvalue weighted by Crippen LogP contribution is -2.39. The Kier molecular flexibility index (Phi) is 8.19. The molecule has 1 aliphatic rings. The van der Waals surface area contributed by atoms with Gasteiger partial charge in [0.2, 0.25) is 0 Å². The van der Waals surface area contributed by atoms with E-state index < -0.39 is 17.6 Å². The maximum Gasteiger partial charge on any atom is 0.339 e. The molecule has 5 rings (SSSR count). The highest BCUT2D eigenvalue weighted by molar-refractivity contribution is 5.92. The first kappa shape index (κ1) is 27.4. The highest BCUT2D eigenvalue weighted by atomic mass is 35.5. The zero-order valence-electron chi connectivity index (χ0n) is 21.1. The molecule has 5 nitrogen and oxygen atoms in total. The van der Waals surface area contributed by atoms with Crippen molar-refractivity contribution in [3.8, 4) is 5.75 Å². The number of aromatic carboxylic acids is 1. The second kappa shape index (κ2) is 11.4. The van der Waals surface area contributed by atoms with Crippen molar-refractivity contribution in [3.63, 3.8) is 0 Å². The molecule has 4 aromatic rings. The number of anilines is 2. The molecule has 0 fully saturated rings. The number of hydrogen-bond donors (Lipinski definition) is 2. The van der Waals surface area contributed by atoms with Crippen LogP contribution >= 0.6 is 12.4 Å². The Labute approximate surface area is 226 Å². The molecule has 8 heteroatoms. The highest BCUT2D eigenvalue weighted by Crippen LogP contribution is 2.41. The number of carbonyl (C=O) groups is 1. The summed E-state index contributed by atoms with van der Waals surface area (Å²) < 4.78 is 34.6. The summed E-state index contributed by atoms with van der Waals surface area (Å²) in [5.74, 6) is -2.08. The van der Waals surface area contributed by atoms with E-state index in [-0.39, 0.29) is 35.7 Å². The van der Waals surface area contributed by atoms with Crippen LogP contribution in [0, 0.1) is 18.6 Å². The summed E-state index contributed by atoms with van der Waals surface area (Å²) in [7, 11) is 0. The Morgan fingerprint density at radius 1 is 1.08 bits per heavy atom. The van der Waals surface area contributed by atoms with E-state index in [1.165, 1.54) is 34.5 Å². The third-order valence-corrected chi connectivity index (χ3v) is 6.99. The third-order valence-electron chi connectivity index (χ3n) is 6.99. The molecule has 198 valence electrons. The van der Waals surface area contributed by atoms with Gasteiger partial charge in [0, 0.05) is 17.8 Å². The quantitative estimate of drug-likeness (QED) is 0.261. The maximum absolute atomic E-state index is 14.3. The Morgan fingerprint density at radius 3 is 2.63 bits per heavy atom. The SMILES string of the molecule is Cc1c(N2CC(CCN[C@H](C)c3cccc4ccccc34)Oc3ccc(F)cc32)ccc(F)c1C(=O)O.Cl. The molecule has 2 atom stereocenters. The first-order valence-corrected chi connectivity index (χ1v) is 12.3. The van der Waals surface area contributed by atoms with Crippen molar-refractivity contribution in [1.82, 2.24) is 5.32 Å². The van der Waals surface area contributed by atoms with E-state index in [1.54, 1.807) is 13.0 Å². The minimum atomic E-state index is -1.34. The largest absolute Gasteiger partial charge is 0.486 e. The number of nitrogens with one attached hydrogen (secondary N) is 1. The fraction of sp³-hybridized carbons (Fsp3) is 0.233. The van der Waals surface area contributed by atoms with Crippen LogP contribution in [-0.4, -0.2) is 30.3 Å². The number of hydrogen-bond acceptors (Lipinski definition) is 4. The lowest BCUT2D eigenvalue weighted by Gasteiger charge is -2.37. The van der Waals surface area contributed by atoms with Gasteiger partial charge in [-0.15, -0.1) is 12.4 Å². The topological polar surface area (TPSA) is 61.8 Å². The molecule has 0 aliphatic carbocycles. The number of ether oxygens (including phenoxy) is 1. The summed E-state index contributed by atoms with van der Waals surface area (Å²) >= 11 is 0. The maximum atomic E-state index is 14.3. The summed E-state index contributed by atoms with van der Waals surface area (Å²) in [5, 5.41) is 15.5. The van der Waals surface area contributed by atoms with Crippen LogP contribution in [0.2, 0.25) is 0 Å². The van der Waals surface area contributed by atoms with Crippen LogP contribution in [0.5, 0.6) is 5.75 Å². The highest BCUT2D eigenvalue weighted by Gasteiger charge is 2.30. The number of nitrogens with zero attached hydrogens (tertiary/aromatic N) is 1. The fourth-order valence-electron chi connectivity index (χ4n) is 5.12. The number of benzene rings is 4. The van der Waals surface area contributed by atoms with Crippen LogP contribution in [0.3, 0.4) is 0 Å². The first-order chi connectivity index (χ1) is 17.8. The Bertz CT molecular complexity index is 1470. The zero-order chi connectivity index (χ0) is 26.1. The van der Waals surface area contributed by atoms with E-state index >= 15 is 0 Å². The molecule has 4 aromatic carbocycles. The smallest absolute Gasteiger partial charge is 0.339 e. The molecule has 1 unspecified atom stereocenters. The molecule has 38 heavy (non-hydrogen) atoms. The number of rotatable bonds is 7. The van der Waals surface area contributed by atoms with Crippen molar-refractivity contribution >= 4 is 40.5 Å². The van der Waals surface area contributed by atoms with Crippen LogP contribution in [0.4, 0.5) is 20.2 Å². The fourth-order valence-corrected chi connectivity index (χ4v) is 5.12. The Morgan fingerprint density at radius 2 is 1.84 bits per heavy atom. The molecule has 0 aromatic heterocycles. The molecule has 0 bridgehead atoms. The molecule has 0 amide bonds. The van der Waals surface area contributed by atoms with Gasteiger partial charge in [0.15, 0.2) is 0 Å². The van der Waals surface area contributed by atoms with Crippen molar-refractivity contribution in [3.05, 3.63) is 101 Å². The van der Waals surface area contributed by atoms with Gasteiger partial charge in [-0.25, -0.2) is 13.6 Å². The molecule has 0 saturated carbocycles.